The number of anilines is 1. The Kier molecular flexibility index (Phi) is 6.05. The van der Waals surface area contributed by atoms with E-state index in [9.17, 15) is 9.59 Å². The predicted octanol–water partition coefficient (Wildman–Crippen LogP) is 3.47. The van der Waals surface area contributed by atoms with Crippen molar-refractivity contribution in [3.8, 4) is 0 Å². The molecule has 3 rings (SSSR count). The van der Waals surface area contributed by atoms with Gasteiger partial charge in [0.25, 0.3) is 5.91 Å². The Morgan fingerprint density at radius 1 is 1.30 bits per heavy atom. The van der Waals surface area contributed by atoms with E-state index in [0.717, 1.165) is 36.9 Å². The summed E-state index contributed by atoms with van der Waals surface area (Å²) in [4.78, 5) is 24.5. The Morgan fingerprint density at radius 3 is 2.70 bits per heavy atom. The minimum absolute atomic E-state index is 0.0764. The Hall–Kier alpha value is -2.48. The molecule has 0 spiro atoms. The highest BCUT2D eigenvalue weighted by Gasteiger charge is 2.22. The summed E-state index contributed by atoms with van der Waals surface area (Å²) in [5.74, 6) is -0.209. The highest BCUT2D eigenvalue weighted by molar-refractivity contribution is 9.10. The van der Waals surface area contributed by atoms with Gasteiger partial charge in [-0.1, -0.05) is 25.0 Å². The molecular weight excluding hydrogens is 410 g/mol. The molecule has 0 bridgehead atoms. The molecule has 0 aliphatic heterocycles. The van der Waals surface area contributed by atoms with E-state index in [1.165, 1.54) is 0 Å². The Labute approximate surface area is 166 Å². The van der Waals surface area contributed by atoms with Gasteiger partial charge in [-0.3, -0.25) is 14.3 Å². The standard InChI is InChI=1S/C19H22BrN5O2/c1-12(22-23-19(27)17-16(20)11-25(2)24-17)14-8-5-9-15(10-14)21-18(26)13-6-3-4-7-13/h5,8-11,13H,3-4,6-7H2,1-2H3,(H,21,26)(H,23,27)/b22-12-. The van der Waals surface area contributed by atoms with Crippen LogP contribution in [0.2, 0.25) is 0 Å². The SMILES string of the molecule is C/C(=N/NC(=O)c1nn(C)cc1Br)c1cccc(NC(=O)C2CCCC2)c1. The topological polar surface area (TPSA) is 88.4 Å². The number of hydrogen-bond acceptors (Lipinski definition) is 4. The third-order valence-electron chi connectivity index (χ3n) is 4.60. The van der Waals surface area contributed by atoms with Crippen LogP contribution in [0.5, 0.6) is 0 Å². The van der Waals surface area contributed by atoms with Gasteiger partial charge < -0.3 is 5.32 Å². The third-order valence-corrected chi connectivity index (χ3v) is 5.18. The summed E-state index contributed by atoms with van der Waals surface area (Å²) in [6.07, 6.45) is 5.86. The molecule has 7 nitrogen and oxygen atoms in total. The lowest BCUT2D eigenvalue weighted by Gasteiger charge is -2.11. The van der Waals surface area contributed by atoms with Crippen LogP contribution in [0.25, 0.3) is 0 Å². The molecule has 2 aromatic rings. The van der Waals surface area contributed by atoms with Crippen LogP contribution in [-0.2, 0) is 11.8 Å². The number of aromatic nitrogens is 2. The highest BCUT2D eigenvalue weighted by atomic mass is 79.9. The fourth-order valence-electron chi connectivity index (χ4n) is 3.12. The van der Waals surface area contributed by atoms with Gasteiger partial charge in [0.1, 0.15) is 0 Å². The first-order valence-electron chi connectivity index (χ1n) is 8.89. The van der Waals surface area contributed by atoms with Crippen LogP contribution in [0.1, 0.15) is 48.7 Å². The second-order valence-electron chi connectivity index (χ2n) is 6.69. The smallest absolute Gasteiger partial charge is 0.293 e. The van der Waals surface area contributed by atoms with Crippen molar-refractivity contribution in [1.29, 1.82) is 0 Å². The number of nitrogens with one attached hydrogen (secondary N) is 2. The van der Waals surface area contributed by atoms with Gasteiger partial charge in [0, 0.05) is 24.8 Å². The molecule has 142 valence electrons. The van der Waals surface area contributed by atoms with Crippen molar-refractivity contribution < 1.29 is 9.59 Å². The van der Waals surface area contributed by atoms with Gasteiger partial charge in [0.2, 0.25) is 5.91 Å². The molecule has 1 aliphatic carbocycles. The molecule has 1 aliphatic rings. The van der Waals surface area contributed by atoms with Crippen LogP contribution in [-0.4, -0.2) is 27.3 Å². The summed E-state index contributed by atoms with van der Waals surface area (Å²) in [5.41, 5.74) is 4.97. The van der Waals surface area contributed by atoms with Crippen LogP contribution in [0.4, 0.5) is 5.69 Å². The molecular formula is C19H22BrN5O2. The van der Waals surface area contributed by atoms with Gasteiger partial charge in [0.15, 0.2) is 5.69 Å². The summed E-state index contributed by atoms with van der Waals surface area (Å²) in [5, 5.41) is 11.2. The van der Waals surface area contributed by atoms with E-state index >= 15 is 0 Å². The summed E-state index contributed by atoms with van der Waals surface area (Å²) in [6, 6.07) is 7.45. The number of benzene rings is 1. The molecule has 2 N–H and O–H groups in total. The molecule has 0 atom stereocenters. The second-order valence-corrected chi connectivity index (χ2v) is 7.54. The predicted molar refractivity (Wildman–Crippen MR) is 108 cm³/mol. The largest absolute Gasteiger partial charge is 0.326 e. The van der Waals surface area contributed by atoms with Crippen LogP contribution >= 0.6 is 15.9 Å². The van der Waals surface area contributed by atoms with E-state index in [1.807, 2.05) is 24.3 Å². The van der Waals surface area contributed by atoms with E-state index in [4.69, 9.17) is 0 Å². The van der Waals surface area contributed by atoms with Gasteiger partial charge in [-0.2, -0.15) is 10.2 Å². The highest BCUT2D eigenvalue weighted by Crippen LogP contribution is 2.26. The first kappa shape index (κ1) is 19.3. The number of rotatable bonds is 5. The van der Waals surface area contributed by atoms with Crippen molar-refractivity contribution in [3.05, 3.63) is 46.2 Å². The average Bonchev–Trinajstić information content (AvgIpc) is 3.29. The lowest BCUT2D eigenvalue weighted by atomic mass is 10.1. The monoisotopic (exact) mass is 431 g/mol. The van der Waals surface area contributed by atoms with Gasteiger partial charge >= 0.3 is 0 Å². The number of carbonyl (C=O) groups excluding carboxylic acids is 2. The second kappa shape index (κ2) is 8.47. The molecule has 1 aromatic heterocycles. The van der Waals surface area contributed by atoms with E-state index in [2.05, 4.69) is 36.9 Å². The summed E-state index contributed by atoms with van der Waals surface area (Å²) in [6.45, 7) is 1.80. The number of amides is 2. The van der Waals surface area contributed by atoms with E-state index in [-0.39, 0.29) is 17.5 Å². The number of hydrazone groups is 1. The number of carbonyl (C=O) groups is 2. The molecule has 0 saturated heterocycles. The number of halogens is 1. The molecule has 1 saturated carbocycles. The number of nitrogens with zero attached hydrogens (tertiary/aromatic N) is 3. The van der Waals surface area contributed by atoms with Crippen LogP contribution in [0, 0.1) is 5.92 Å². The fraction of sp³-hybridized carbons (Fsp3) is 0.368. The molecule has 0 radical (unpaired) electrons. The number of aryl methyl sites for hydroxylation is 1. The molecule has 0 unspecified atom stereocenters. The van der Waals surface area contributed by atoms with Crippen molar-refractivity contribution in [2.75, 3.05) is 5.32 Å². The first-order valence-corrected chi connectivity index (χ1v) is 9.68. The van der Waals surface area contributed by atoms with Crippen molar-refractivity contribution in [1.82, 2.24) is 15.2 Å². The lowest BCUT2D eigenvalue weighted by Crippen LogP contribution is -2.21. The zero-order valence-electron chi connectivity index (χ0n) is 15.3. The molecule has 1 fully saturated rings. The Bertz CT molecular complexity index is 884. The van der Waals surface area contributed by atoms with Gasteiger partial charge in [0.05, 0.1) is 10.2 Å². The quantitative estimate of drug-likeness (QED) is 0.560. The van der Waals surface area contributed by atoms with E-state index in [0.29, 0.717) is 10.2 Å². The molecule has 2 amide bonds. The molecule has 27 heavy (non-hydrogen) atoms. The Balaban J connectivity index is 1.66. The maximum absolute atomic E-state index is 12.3. The lowest BCUT2D eigenvalue weighted by molar-refractivity contribution is -0.119. The molecule has 8 heteroatoms. The normalized spacial score (nSPS) is 15.0. The van der Waals surface area contributed by atoms with E-state index < -0.39 is 5.91 Å². The first-order chi connectivity index (χ1) is 12.9. The minimum atomic E-state index is -0.396. The third kappa shape index (κ3) is 4.82. The average molecular weight is 432 g/mol. The van der Waals surface area contributed by atoms with E-state index in [1.54, 1.807) is 24.9 Å². The maximum atomic E-state index is 12.3. The zero-order valence-corrected chi connectivity index (χ0v) is 16.9. The zero-order chi connectivity index (χ0) is 19.4. The van der Waals surface area contributed by atoms with Crippen LogP contribution < -0.4 is 10.7 Å². The van der Waals surface area contributed by atoms with Crippen molar-refractivity contribution in [3.63, 3.8) is 0 Å². The summed E-state index contributed by atoms with van der Waals surface area (Å²) in [7, 11) is 1.74. The molecule has 1 heterocycles. The fourth-order valence-corrected chi connectivity index (χ4v) is 3.68. The van der Waals surface area contributed by atoms with Gasteiger partial charge in [-0.15, -0.1) is 0 Å². The van der Waals surface area contributed by atoms with Crippen LogP contribution in [0.15, 0.2) is 40.0 Å². The summed E-state index contributed by atoms with van der Waals surface area (Å²) < 4.78 is 2.15. The van der Waals surface area contributed by atoms with Crippen LogP contribution in [0.3, 0.4) is 0 Å². The van der Waals surface area contributed by atoms with Gasteiger partial charge in [-0.05, 0) is 53.4 Å². The number of hydrogen-bond donors (Lipinski definition) is 2. The molecule has 1 aromatic carbocycles. The van der Waals surface area contributed by atoms with Crippen molar-refractivity contribution in [2.45, 2.75) is 32.6 Å². The Morgan fingerprint density at radius 2 is 2.04 bits per heavy atom. The maximum Gasteiger partial charge on any atom is 0.293 e. The van der Waals surface area contributed by atoms with Crippen molar-refractivity contribution >= 4 is 39.1 Å². The summed E-state index contributed by atoms with van der Waals surface area (Å²) >= 11 is 3.30. The minimum Gasteiger partial charge on any atom is -0.326 e. The van der Waals surface area contributed by atoms with Gasteiger partial charge in [-0.25, -0.2) is 5.43 Å². The van der Waals surface area contributed by atoms with Crippen molar-refractivity contribution in [2.24, 2.45) is 18.1 Å².